The van der Waals surface area contributed by atoms with Crippen molar-refractivity contribution in [3.05, 3.63) is 41.7 Å². The predicted molar refractivity (Wildman–Crippen MR) is 108 cm³/mol. The highest BCUT2D eigenvalue weighted by atomic mass is 35.5. The van der Waals surface area contributed by atoms with E-state index in [0.717, 1.165) is 35.6 Å². The van der Waals surface area contributed by atoms with Crippen molar-refractivity contribution >= 4 is 24.0 Å². The molecule has 0 atom stereocenters. The van der Waals surface area contributed by atoms with Crippen LogP contribution >= 0.6 is 12.4 Å². The summed E-state index contributed by atoms with van der Waals surface area (Å²) in [5, 5.41) is 7.69. The average molecular weight is 377 g/mol. The maximum absolute atomic E-state index is 12.7. The van der Waals surface area contributed by atoms with Crippen LogP contribution in [0.3, 0.4) is 0 Å². The van der Waals surface area contributed by atoms with E-state index in [4.69, 9.17) is 5.73 Å². The highest BCUT2D eigenvalue weighted by molar-refractivity contribution is 5.92. The first-order valence-corrected chi connectivity index (χ1v) is 9.16. The summed E-state index contributed by atoms with van der Waals surface area (Å²) in [4.78, 5) is 12.7. The number of hydrogen-bond acceptors (Lipinski definition) is 3. The molecule has 3 N–H and O–H groups in total. The third kappa shape index (κ3) is 4.27. The van der Waals surface area contributed by atoms with Gasteiger partial charge >= 0.3 is 0 Å². The Kier molecular flexibility index (Phi) is 6.84. The summed E-state index contributed by atoms with van der Waals surface area (Å²) < 4.78 is 1.88. The largest absolute Gasteiger partial charge is 0.330 e. The fourth-order valence-electron chi connectivity index (χ4n) is 3.92. The van der Waals surface area contributed by atoms with E-state index >= 15 is 0 Å². The molecule has 1 aromatic heterocycles. The molecule has 0 bridgehead atoms. The Morgan fingerprint density at radius 3 is 2.46 bits per heavy atom. The van der Waals surface area contributed by atoms with Crippen LogP contribution in [0, 0.1) is 19.3 Å². The number of carbonyl (C=O) groups is 1. The minimum Gasteiger partial charge on any atom is -0.330 e. The van der Waals surface area contributed by atoms with Gasteiger partial charge in [-0.2, -0.15) is 5.10 Å². The number of para-hydroxylation sites is 1. The summed E-state index contributed by atoms with van der Waals surface area (Å²) in [5.41, 5.74) is 9.59. The Bertz CT molecular complexity index is 736. The van der Waals surface area contributed by atoms with Crippen LogP contribution in [0.1, 0.15) is 49.9 Å². The third-order valence-electron chi connectivity index (χ3n) is 5.44. The van der Waals surface area contributed by atoms with Crippen LogP contribution in [0.25, 0.3) is 5.69 Å². The van der Waals surface area contributed by atoms with Crippen molar-refractivity contribution in [1.29, 1.82) is 0 Å². The van der Waals surface area contributed by atoms with Crippen LogP contribution in [-0.2, 0) is 4.79 Å². The topological polar surface area (TPSA) is 72.9 Å². The Labute approximate surface area is 161 Å². The number of amides is 1. The van der Waals surface area contributed by atoms with Gasteiger partial charge in [-0.05, 0) is 50.8 Å². The first-order valence-electron chi connectivity index (χ1n) is 9.16. The average Bonchev–Trinajstić information content (AvgIpc) is 2.91. The quantitative estimate of drug-likeness (QED) is 0.823. The predicted octanol–water partition coefficient (Wildman–Crippen LogP) is 4.15. The lowest BCUT2D eigenvalue weighted by atomic mass is 9.71. The minimum atomic E-state index is -0.0282. The molecule has 5 nitrogen and oxygen atoms in total. The molecule has 3 rings (SSSR count). The van der Waals surface area contributed by atoms with Gasteiger partial charge < -0.3 is 11.1 Å². The monoisotopic (exact) mass is 376 g/mol. The number of anilines is 1. The Morgan fingerprint density at radius 2 is 1.85 bits per heavy atom. The fraction of sp³-hybridized carbons (Fsp3) is 0.500. The summed E-state index contributed by atoms with van der Waals surface area (Å²) >= 11 is 0. The fourth-order valence-corrected chi connectivity index (χ4v) is 3.92. The summed E-state index contributed by atoms with van der Waals surface area (Å²) in [5.74, 6) is 0.0474. The molecule has 0 saturated heterocycles. The maximum Gasteiger partial charge on any atom is 0.225 e. The van der Waals surface area contributed by atoms with Crippen LogP contribution in [0.5, 0.6) is 0 Å². The van der Waals surface area contributed by atoms with Gasteiger partial charge in [-0.3, -0.25) is 4.79 Å². The molecule has 1 saturated carbocycles. The van der Waals surface area contributed by atoms with Gasteiger partial charge in [-0.1, -0.05) is 37.5 Å². The number of halogens is 1. The summed E-state index contributed by atoms with van der Waals surface area (Å²) in [7, 11) is 0. The van der Waals surface area contributed by atoms with Crippen molar-refractivity contribution in [2.75, 3.05) is 11.9 Å². The molecule has 1 aromatic carbocycles. The third-order valence-corrected chi connectivity index (χ3v) is 5.44. The standard InChI is InChI=1S/C20H28N4O.ClH/c1-15-19(16(2)24(23-15)17-9-5-3-6-10-17)22-18(25)13-20(14-21)11-7-4-8-12-20;/h3,5-6,9-10H,4,7-8,11-14,21H2,1-2H3,(H,22,25);1H. The van der Waals surface area contributed by atoms with E-state index in [1.54, 1.807) is 0 Å². The van der Waals surface area contributed by atoms with Crippen molar-refractivity contribution in [2.24, 2.45) is 11.1 Å². The van der Waals surface area contributed by atoms with Crippen molar-refractivity contribution in [1.82, 2.24) is 9.78 Å². The van der Waals surface area contributed by atoms with Gasteiger partial charge in [-0.15, -0.1) is 12.4 Å². The molecule has 1 aliphatic carbocycles. The molecule has 0 unspecified atom stereocenters. The zero-order chi connectivity index (χ0) is 17.9. The molecular weight excluding hydrogens is 348 g/mol. The molecule has 1 fully saturated rings. The van der Waals surface area contributed by atoms with Crippen molar-refractivity contribution < 1.29 is 4.79 Å². The summed E-state index contributed by atoms with van der Waals surface area (Å²) in [6.07, 6.45) is 6.21. The van der Waals surface area contributed by atoms with Crippen LogP contribution in [0.2, 0.25) is 0 Å². The molecule has 1 heterocycles. The lowest BCUT2D eigenvalue weighted by molar-refractivity contribution is -0.118. The van der Waals surface area contributed by atoms with Gasteiger partial charge in [0.1, 0.15) is 0 Å². The van der Waals surface area contributed by atoms with Crippen LogP contribution in [-0.4, -0.2) is 22.2 Å². The van der Waals surface area contributed by atoms with E-state index in [0.29, 0.717) is 13.0 Å². The molecule has 0 radical (unpaired) electrons. The van der Waals surface area contributed by atoms with Crippen molar-refractivity contribution in [3.63, 3.8) is 0 Å². The van der Waals surface area contributed by atoms with Crippen molar-refractivity contribution in [3.8, 4) is 5.69 Å². The number of aryl methyl sites for hydroxylation is 1. The minimum absolute atomic E-state index is 0. The highest BCUT2D eigenvalue weighted by Crippen LogP contribution is 2.38. The van der Waals surface area contributed by atoms with Crippen LogP contribution < -0.4 is 11.1 Å². The zero-order valence-electron chi connectivity index (χ0n) is 15.6. The Hall–Kier alpha value is -1.85. The molecule has 1 amide bonds. The number of rotatable bonds is 5. The molecule has 142 valence electrons. The second-order valence-electron chi connectivity index (χ2n) is 7.28. The van der Waals surface area contributed by atoms with E-state index in [1.807, 2.05) is 48.9 Å². The smallest absolute Gasteiger partial charge is 0.225 e. The first-order chi connectivity index (χ1) is 12.0. The first kappa shape index (κ1) is 20.5. The molecule has 0 aliphatic heterocycles. The van der Waals surface area contributed by atoms with E-state index in [2.05, 4.69) is 10.4 Å². The number of carbonyl (C=O) groups excluding carboxylic acids is 1. The summed E-state index contributed by atoms with van der Waals surface area (Å²) in [6, 6.07) is 9.97. The van der Waals surface area contributed by atoms with Gasteiger partial charge in [0.2, 0.25) is 5.91 Å². The number of nitrogens with one attached hydrogen (secondary N) is 1. The molecule has 2 aromatic rings. The van der Waals surface area contributed by atoms with E-state index in [-0.39, 0.29) is 23.7 Å². The zero-order valence-corrected chi connectivity index (χ0v) is 16.4. The van der Waals surface area contributed by atoms with Gasteiger partial charge in [0, 0.05) is 6.42 Å². The van der Waals surface area contributed by atoms with Crippen LogP contribution in [0.15, 0.2) is 30.3 Å². The summed E-state index contributed by atoms with van der Waals surface area (Å²) in [6.45, 7) is 4.50. The van der Waals surface area contributed by atoms with Gasteiger partial charge in [0.25, 0.3) is 0 Å². The van der Waals surface area contributed by atoms with Gasteiger partial charge in [-0.25, -0.2) is 4.68 Å². The second-order valence-corrected chi connectivity index (χ2v) is 7.28. The number of nitrogens with two attached hydrogens (primary N) is 1. The lowest BCUT2D eigenvalue weighted by Gasteiger charge is -2.35. The molecular formula is C20H29ClN4O. The number of benzene rings is 1. The van der Waals surface area contributed by atoms with E-state index in [1.165, 1.54) is 19.3 Å². The molecule has 6 heteroatoms. The number of nitrogens with zero attached hydrogens (tertiary/aromatic N) is 2. The second kappa shape index (κ2) is 8.69. The maximum atomic E-state index is 12.7. The van der Waals surface area contributed by atoms with Crippen LogP contribution in [0.4, 0.5) is 5.69 Å². The Balaban J connectivity index is 0.00000243. The number of hydrogen-bond donors (Lipinski definition) is 2. The van der Waals surface area contributed by atoms with Gasteiger partial charge in [0.15, 0.2) is 0 Å². The lowest BCUT2D eigenvalue weighted by Crippen LogP contribution is -2.36. The molecule has 26 heavy (non-hydrogen) atoms. The number of aromatic nitrogens is 2. The van der Waals surface area contributed by atoms with Gasteiger partial charge in [0.05, 0.1) is 22.8 Å². The molecule has 0 spiro atoms. The van der Waals surface area contributed by atoms with Crippen molar-refractivity contribution in [2.45, 2.75) is 52.4 Å². The molecule has 1 aliphatic rings. The van der Waals surface area contributed by atoms with E-state index in [9.17, 15) is 4.79 Å². The SMILES string of the molecule is Cc1nn(-c2ccccc2)c(C)c1NC(=O)CC1(CN)CCCCC1.Cl. The normalized spacial score (nSPS) is 16.0. The highest BCUT2D eigenvalue weighted by Gasteiger charge is 2.33. The van der Waals surface area contributed by atoms with E-state index < -0.39 is 0 Å². The Morgan fingerprint density at radius 1 is 1.19 bits per heavy atom.